The second-order valence-electron chi connectivity index (χ2n) is 11.2. The first-order valence-corrected chi connectivity index (χ1v) is 14.5. The number of amides is 1. The molecule has 1 aliphatic rings. The number of hydrogen-bond donors (Lipinski definition) is 2. The van der Waals surface area contributed by atoms with E-state index >= 15 is 0 Å². The van der Waals surface area contributed by atoms with E-state index < -0.39 is 17.6 Å². The van der Waals surface area contributed by atoms with Crippen LogP contribution in [0.2, 0.25) is 0 Å². The first-order chi connectivity index (χ1) is 21.0. The quantitative estimate of drug-likeness (QED) is 0.247. The highest BCUT2D eigenvalue weighted by atomic mass is 19.4. The maximum Gasteiger partial charge on any atom is 0.418 e. The monoisotopic (exact) mass is 607 g/mol. The van der Waals surface area contributed by atoms with Gasteiger partial charge in [0, 0.05) is 55.9 Å². The van der Waals surface area contributed by atoms with Gasteiger partial charge in [0.2, 0.25) is 5.95 Å². The first-order valence-electron chi connectivity index (χ1n) is 14.5. The summed E-state index contributed by atoms with van der Waals surface area (Å²) in [4.78, 5) is 36.8. The average Bonchev–Trinajstić information content (AvgIpc) is 3.00. The number of hydrogen-bond acceptors (Lipinski definition) is 9. The van der Waals surface area contributed by atoms with E-state index in [1.807, 2.05) is 25.9 Å². The molecule has 0 bridgehead atoms. The van der Waals surface area contributed by atoms with Crippen molar-refractivity contribution in [1.29, 1.82) is 0 Å². The van der Waals surface area contributed by atoms with Crippen LogP contribution in [-0.2, 0) is 6.18 Å². The zero-order valence-electron chi connectivity index (χ0n) is 25.2. The number of piperidine rings is 1. The van der Waals surface area contributed by atoms with Crippen LogP contribution in [0.25, 0.3) is 11.0 Å². The number of nitrogens with zero attached hydrogens (tertiary/aromatic N) is 7. The topological polar surface area (TPSA) is 102 Å². The molecule has 0 atom stereocenters. The van der Waals surface area contributed by atoms with Gasteiger partial charge in [-0.15, -0.1) is 0 Å². The highest BCUT2D eigenvalue weighted by Crippen LogP contribution is 2.38. The molecule has 2 N–H and O–H groups in total. The summed E-state index contributed by atoms with van der Waals surface area (Å²) < 4.78 is 42.0. The molecule has 13 heteroatoms. The number of aromatic nitrogens is 4. The lowest BCUT2D eigenvalue weighted by Gasteiger charge is -2.26. The summed E-state index contributed by atoms with van der Waals surface area (Å²) in [6.45, 7) is 4.65. The van der Waals surface area contributed by atoms with Gasteiger partial charge in [-0.05, 0) is 76.2 Å². The number of likely N-dealkylation sites (N-methyl/N-ethyl adjacent to an activating group) is 2. The Balaban J connectivity index is 1.38. The van der Waals surface area contributed by atoms with E-state index in [0.717, 1.165) is 37.6 Å². The fourth-order valence-electron chi connectivity index (χ4n) is 5.06. The predicted molar refractivity (Wildman–Crippen MR) is 167 cm³/mol. The number of aryl methyl sites for hydroxylation is 1. The van der Waals surface area contributed by atoms with Gasteiger partial charge >= 0.3 is 6.18 Å². The molecule has 0 saturated carbocycles. The zero-order chi connectivity index (χ0) is 31.4. The second-order valence-corrected chi connectivity index (χ2v) is 11.2. The van der Waals surface area contributed by atoms with E-state index in [9.17, 15) is 18.0 Å². The molecular formula is C31H36F3N9O. The Morgan fingerprint density at radius 1 is 0.977 bits per heavy atom. The maximum atomic E-state index is 14.0. The Bertz CT molecular complexity index is 1640. The Hall–Kier alpha value is -4.52. The van der Waals surface area contributed by atoms with E-state index in [-0.39, 0.29) is 16.9 Å². The lowest BCUT2D eigenvalue weighted by atomic mass is 10.1. The summed E-state index contributed by atoms with van der Waals surface area (Å²) in [5.41, 5.74) is 2.10. The third-order valence-electron chi connectivity index (χ3n) is 7.61. The summed E-state index contributed by atoms with van der Waals surface area (Å²) in [6, 6.07) is 8.86. The molecule has 0 aliphatic carbocycles. The highest BCUT2D eigenvalue weighted by molar-refractivity contribution is 6.05. The van der Waals surface area contributed by atoms with Crippen molar-refractivity contribution in [2.24, 2.45) is 0 Å². The lowest BCUT2D eigenvalue weighted by molar-refractivity contribution is -0.137. The highest BCUT2D eigenvalue weighted by Gasteiger charge is 2.35. The minimum Gasteiger partial charge on any atom is -0.373 e. The molecule has 0 unspecified atom stereocenters. The van der Waals surface area contributed by atoms with Crippen LogP contribution in [0.4, 0.5) is 42.0 Å². The molecule has 3 heterocycles. The summed E-state index contributed by atoms with van der Waals surface area (Å²) in [5.74, 6) is 0.533. The van der Waals surface area contributed by atoms with Crippen LogP contribution >= 0.6 is 0 Å². The van der Waals surface area contributed by atoms with Gasteiger partial charge in [-0.3, -0.25) is 4.79 Å². The van der Waals surface area contributed by atoms with Crippen molar-refractivity contribution in [3.8, 4) is 0 Å². The van der Waals surface area contributed by atoms with Crippen molar-refractivity contribution in [3.63, 3.8) is 0 Å². The van der Waals surface area contributed by atoms with Crippen molar-refractivity contribution in [3.05, 3.63) is 65.6 Å². The van der Waals surface area contributed by atoms with Crippen molar-refractivity contribution >= 4 is 45.8 Å². The molecule has 1 fully saturated rings. The molecule has 5 rings (SSSR count). The molecule has 2 aromatic heterocycles. The van der Waals surface area contributed by atoms with E-state index in [1.165, 1.54) is 24.9 Å². The molecule has 10 nitrogen and oxygen atoms in total. The van der Waals surface area contributed by atoms with Crippen LogP contribution < -0.4 is 20.4 Å². The average molecular weight is 608 g/mol. The Morgan fingerprint density at radius 2 is 1.75 bits per heavy atom. The Kier molecular flexibility index (Phi) is 9.14. The smallest absolute Gasteiger partial charge is 0.373 e. The number of rotatable bonds is 9. The number of nitrogens with one attached hydrogen (secondary N) is 2. The molecule has 0 spiro atoms. The van der Waals surface area contributed by atoms with Gasteiger partial charge in [0.05, 0.1) is 11.8 Å². The zero-order valence-corrected chi connectivity index (χ0v) is 25.2. The predicted octanol–water partition coefficient (Wildman–Crippen LogP) is 5.73. The summed E-state index contributed by atoms with van der Waals surface area (Å²) >= 11 is 0. The number of alkyl halides is 3. The van der Waals surface area contributed by atoms with Crippen molar-refractivity contribution in [1.82, 2.24) is 24.8 Å². The van der Waals surface area contributed by atoms with Crippen LogP contribution in [0, 0.1) is 6.92 Å². The van der Waals surface area contributed by atoms with E-state index in [2.05, 4.69) is 30.5 Å². The minimum atomic E-state index is -4.60. The minimum absolute atomic E-state index is 0.0449. The van der Waals surface area contributed by atoms with Gasteiger partial charge in [0.25, 0.3) is 5.91 Å². The molecule has 2 aromatic carbocycles. The number of carbonyl (C=O) groups is 1. The van der Waals surface area contributed by atoms with E-state index in [4.69, 9.17) is 4.98 Å². The number of benzene rings is 2. The van der Waals surface area contributed by atoms with Gasteiger partial charge in [0.1, 0.15) is 17.4 Å². The molecule has 1 amide bonds. The van der Waals surface area contributed by atoms with Crippen LogP contribution in [0.3, 0.4) is 0 Å². The fourth-order valence-corrected chi connectivity index (χ4v) is 5.06. The molecule has 1 aliphatic heterocycles. The van der Waals surface area contributed by atoms with Gasteiger partial charge in [-0.1, -0.05) is 6.07 Å². The molecule has 1 saturated heterocycles. The summed E-state index contributed by atoms with van der Waals surface area (Å²) in [5, 5.41) is 5.90. The molecule has 232 valence electrons. The van der Waals surface area contributed by atoms with Gasteiger partial charge < -0.3 is 25.3 Å². The van der Waals surface area contributed by atoms with E-state index in [1.54, 1.807) is 36.3 Å². The third-order valence-corrected chi connectivity index (χ3v) is 7.61. The van der Waals surface area contributed by atoms with Crippen LogP contribution in [-0.4, -0.2) is 78.1 Å². The number of halogens is 3. The fraction of sp³-hybridized carbons (Fsp3) is 0.387. The molecular weight excluding hydrogens is 571 g/mol. The van der Waals surface area contributed by atoms with Gasteiger partial charge in [-0.2, -0.15) is 13.2 Å². The summed E-state index contributed by atoms with van der Waals surface area (Å²) in [6.07, 6.45) is 1.85. The first kappa shape index (κ1) is 30.9. The number of anilines is 5. The van der Waals surface area contributed by atoms with Crippen molar-refractivity contribution < 1.29 is 18.0 Å². The molecule has 4 aromatic rings. The molecule has 44 heavy (non-hydrogen) atoms. The largest absolute Gasteiger partial charge is 0.418 e. The number of carbonyl (C=O) groups excluding carboxylic acids is 1. The SMILES string of the molecule is Cc1ccc(C(=O)Nc2ccc(N(C)CCN(C)C)c(C(F)(F)F)c2)cc1Nc1ncnc2cnc(N3CCCCC3)nc12. The lowest BCUT2D eigenvalue weighted by Crippen LogP contribution is -2.31. The molecule has 0 radical (unpaired) electrons. The second kappa shape index (κ2) is 13.0. The van der Waals surface area contributed by atoms with Crippen molar-refractivity contribution in [2.75, 3.05) is 67.8 Å². The Labute approximate surface area is 254 Å². The van der Waals surface area contributed by atoms with Gasteiger partial charge in [-0.25, -0.2) is 19.9 Å². The Morgan fingerprint density at radius 3 is 2.48 bits per heavy atom. The normalized spacial score (nSPS) is 13.8. The maximum absolute atomic E-state index is 14.0. The third kappa shape index (κ3) is 7.16. The number of fused-ring (bicyclic) bond motifs is 1. The van der Waals surface area contributed by atoms with Gasteiger partial charge in [0.15, 0.2) is 5.82 Å². The van der Waals surface area contributed by atoms with Crippen LogP contribution in [0.5, 0.6) is 0 Å². The standard InChI is InChI=1S/C31H36F3N9O/c1-20-8-9-21(29(44)38-22-10-11-26(23(17-22)31(32,33)34)42(4)15-14-41(2)3)16-24(20)39-28-27-25(36-19-37-28)18-35-30(40-27)43-12-6-5-7-13-43/h8-11,16-19H,5-7,12-15H2,1-4H3,(H,38,44)(H,36,37,39). The van der Waals surface area contributed by atoms with Crippen LogP contribution in [0.1, 0.15) is 40.7 Å². The van der Waals surface area contributed by atoms with Crippen LogP contribution in [0.15, 0.2) is 48.9 Å². The summed E-state index contributed by atoms with van der Waals surface area (Å²) in [7, 11) is 5.34. The van der Waals surface area contributed by atoms with E-state index in [0.29, 0.717) is 41.6 Å². The van der Waals surface area contributed by atoms with Crippen molar-refractivity contribution in [2.45, 2.75) is 32.4 Å².